The Hall–Kier alpha value is -1.48. The number of nitrogens with two attached hydrogens (primary N) is 1. The molecule has 94 valence electrons. The van der Waals surface area contributed by atoms with E-state index in [1.54, 1.807) is 17.8 Å². The molecule has 0 amide bonds. The molecule has 0 aliphatic rings. The summed E-state index contributed by atoms with van der Waals surface area (Å²) < 4.78 is 12.9. The average molecular weight is 261 g/mol. The molecular formula is C15H16FNS. The van der Waals surface area contributed by atoms with Crippen LogP contribution in [0.4, 0.5) is 10.1 Å². The molecule has 0 radical (unpaired) electrons. The fourth-order valence-corrected chi connectivity index (χ4v) is 2.84. The quantitative estimate of drug-likeness (QED) is 0.658. The van der Waals surface area contributed by atoms with Crippen molar-refractivity contribution in [2.24, 2.45) is 0 Å². The zero-order chi connectivity index (χ0) is 13.1. The lowest BCUT2D eigenvalue weighted by molar-refractivity contribution is 0.628. The van der Waals surface area contributed by atoms with Crippen LogP contribution in [-0.4, -0.2) is 0 Å². The van der Waals surface area contributed by atoms with Crippen molar-refractivity contribution in [3.63, 3.8) is 0 Å². The lowest BCUT2D eigenvalue weighted by Crippen LogP contribution is -1.94. The molecule has 0 fully saturated rings. The second kappa shape index (κ2) is 5.44. The fraction of sp³-hybridized carbons (Fsp3) is 0.200. The van der Waals surface area contributed by atoms with Gasteiger partial charge < -0.3 is 5.73 Å². The van der Waals surface area contributed by atoms with Crippen LogP contribution in [0.25, 0.3) is 0 Å². The summed E-state index contributed by atoms with van der Waals surface area (Å²) in [5, 5.41) is 0. The number of aryl methyl sites for hydroxylation is 2. The largest absolute Gasteiger partial charge is 0.398 e. The van der Waals surface area contributed by atoms with E-state index in [0.717, 1.165) is 11.3 Å². The third kappa shape index (κ3) is 3.05. The Morgan fingerprint density at radius 1 is 1.11 bits per heavy atom. The Morgan fingerprint density at radius 2 is 1.89 bits per heavy atom. The van der Waals surface area contributed by atoms with E-state index in [4.69, 9.17) is 5.73 Å². The lowest BCUT2D eigenvalue weighted by atomic mass is 10.2. The molecule has 0 heterocycles. The van der Waals surface area contributed by atoms with E-state index in [9.17, 15) is 4.39 Å². The number of thioether (sulfide) groups is 1. The number of anilines is 1. The van der Waals surface area contributed by atoms with Gasteiger partial charge in [0.25, 0.3) is 0 Å². The van der Waals surface area contributed by atoms with Gasteiger partial charge in [0.1, 0.15) is 5.82 Å². The van der Waals surface area contributed by atoms with Crippen LogP contribution in [-0.2, 0) is 5.75 Å². The Morgan fingerprint density at radius 3 is 2.56 bits per heavy atom. The fourth-order valence-electron chi connectivity index (χ4n) is 1.81. The second-order valence-corrected chi connectivity index (χ2v) is 5.42. The van der Waals surface area contributed by atoms with Gasteiger partial charge in [0.2, 0.25) is 0 Å². The SMILES string of the molecule is Cc1ccc(SCc2ccc(F)cc2N)c(C)c1. The lowest BCUT2D eigenvalue weighted by Gasteiger charge is -2.08. The molecule has 0 aromatic heterocycles. The molecule has 0 aliphatic heterocycles. The normalized spacial score (nSPS) is 10.6. The van der Waals surface area contributed by atoms with Gasteiger partial charge >= 0.3 is 0 Å². The number of hydrogen-bond acceptors (Lipinski definition) is 2. The predicted octanol–water partition coefficient (Wildman–Crippen LogP) is 4.32. The van der Waals surface area contributed by atoms with Gasteiger partial charge in [0, 0.05) is 16.3 Å². The summed E-state index contributed by atoms with van der Waals surface area (Å²) in [6, 6.07) is 11.0. The predicted molar refractivity (Wildman–Crippen MR) is 76.3 cm³/mol. The minimum atomic E-state index is -0.284. The summed E-state index contributed by atoms with van der Waals surface area (Å²) in [6.45, 7) is 4.18. The minimum absolute atomic E-state index is 0.284. The second-order valence-electron chi connectivity index (χ2n) is 4.40. The Labute approximate surface area is 111 Å². The molecule has 2 aromatic carbocycles. The van der Waals surface area contributed by atoms with E-state index in [0.29, 0.717) is 5.69 Å². The topological polar surface area (TPSA) is 26.0 Å². The molecule has 0 spiro atoms. The van der Waals surface area contributed by atoms with Crippen molar-refractivity contribution < 1.29 is 4.39 Å². The van der Waals surface area contributed by atoms with Crippen molar-refractivity contribution in [2.45, 2.75) is 24.5 Å². The molecule has 0 atom stereocenters. The van der Waals surface area contributed by atoms with Crippen molar-refractivity contribution in [3.8, 4) is 0 Å². The van der Waals surface area contributed by atoms with Crippen LogP contribution in [0.2, 0.25) is 0 Å². The highest BCUT2D eigenvalue weighted by atomic mass is 32.2. The molecule has 2 N–H and O–H groups in total. The molecule has 0 saturated heterocycles. The van der Waals surface area contributed by atoms with Crippen molar-refractivity contribution in [1.82, 2.24) is 0 Å². The van der Waals surface area contributed by atoms with Gasteiger partial charge in [-0.15, -0.1) is 11.8 Å². The summed E-state index contributed by atoms with van der Waals surface area (Å²) in [5.41, 5.74) is 9.82. The maximum Gasteiger partial charge on any atom is 0.125 e. The van der Waals surface area contributed by atoms with Crippen LogP contribution in [0.5, 0.6) is 0 Å². The molecule has 18 heavy (non-hydrogen) atoms. The van der Waals surface area contributed by atoms with Crippen LogP contribution in [0, 0.1) is 19.7 Å². The van der Waals surface area contributed by atoms with E-state index >= 15 is 0 Å². The number of halogens is 1. The van der Waals surface area contributed by atoms with Crippen LogP contribution >= 0.6 is 11.8 Å². The highest BCUT2D eigenvalue weighted by Gasteiger charge is 2.04. The Bertz CT molecular complexity index is 515. The number of hydrogen-bond donors (Lipinski definition) is 1. The van der Waals surface area contributed by atoms with Gasteiger partial charge in [0.05, 0.1) is 0 Å². The van der Waals surface area contributed by atoms with Gasteiger partial charge in [-0.1, -0.05) is 23.8 Å². The molecule has 0 aliphatic carbocycles. The van der Waals surface area contributed by atoms with Gasteiger partial charge in [-0.3, -0.25) is 0 Å². The molecule has 0 bridgehead atoms. The molecule has 2 rings (SSSR count). The molecule has 0 saturated carbocycles. The van der Waals surface area contributed by atoms with Crippen molar-refractivity contribution >= 4 is 17.4 Å². The van der Waals surface area contributed by atoms with Gasteiger partial charge in [-0.2, -0.15) is 0 Å². The van der Waals surface area contributed by atoms with E-state index in [1.165, 1.54) is 28.2 Å². The smallest absolute Gasteiger partial charge is 0.125 e. The van der Waals surface area contributed by atoms with Crippen LogP contribution in [0.1, 0.15) is 16.7 Å². The average Bonchev–Trinajstić information content (AvgIpc) is 2.30. The van der Waals surface area contributed by atoms with Gasteiger partial charge in [-0.05, 0) is 43.2 Å². The van der Waals surface area contributed by atoms with Crippen molar-refractivity contribution in [2.75, 3.05) is 5.73 Å². The van der Waals surface area contributed by atoms with E-state index in [1.807, 2.05) is 0 Å². The highest BCUT2D eigenvalue weighted by molar-refractivity contribution is 7.98. The first kappa shape index (κ1) is 13.0. The standard InChI is InChI=1S/C15H16FNS/c1-10-3-6-15(11(2)7-10)18-9-12-4-5-13(16)8-14(12)17/h3-8H,9,17H2,1-2H3. The summed E-state index contributed by atoms with van der Waals surface area (Å²) in [4.78, 5) is 1.24. The highest BCUT2D eigenvalue weighted by Crippen LogP contribution is 2.28. The van der Waals surface area contributed by atoms with Crippen molar-refractivity contribution in [1.29, 1.82) is 0 Å². The number of benzene rings is 2. The summed E-state index contributed by atoms with van der Waals surface area (Å²) >= 11 is 1.73. The van der Waals surface area contributed by atoms with Gasteiger partial charge in [0.15, 0.2) is 0 Å². The van der Waals surface area contributed by atoms with Gasteiger partial charge in [-0.25, -0.2) is 4.39 Å². The third-order valence-corrected chi connectivity index (χ3v) is 4.05. The summed E-state index contributed by atoms with van der Waals surface area (Å²) in [7, 11) is 0. The van der Waals surface area contributed by atoms with E-state index in [-0.39, 0.29) is 5.82 Å². The maximum atomic E-state index is 12.9. The zero-order valence-corrected chi connectivity index (χ0v) is 11.4. The first-order valence-electron chi connectivity index (χ1n) is 5.80. The first-order chi connectivity index (χ1) is 8.56. The monoisotopic (exact) mass is 261 g/mol. The number of rotatable bonds is 3. The van der Waals surface area contributed by atoms with Crippen LogP contribution in [0.15, 0.2) is 41.3 Å². The molecule has 1 nitrogen and oxygen atoms in total. The van der Waals surface area contributed by atoms with Crippen molar-refractivity contribution in [3.05, 3.63) is 58.9 Å². The molecule has 3 heteroatoms. The summed E-state index contributed by atoms with van der Waals surface area (Å²) in [5.74, 6) is 0.475. The minimum Gasteiger partial charge on any atom is -0.398 e. The van der Waals surface area contributed by atoms with E-state index < -0.39 is 0 Å². The summed E-state index contributed by atoms with van der Waals surface area (Å²) in [6.07, 6.45) is 0. The molecular weight excluding hydrogens is 245 g/mol. The van der Waals surface area contributed by atoms with Crippen LogP contribution in [0.3, 0.4) is 0 Å². The Kier molecular flexibility index (Phi) is 3.92. The Balaban J connectivity index is 2.11. The maximum absolute atomic E-state index is 12.9. The number of nitrogen functional groups attached to an aromatic ring is 1. The zero-order valence-electron chi connectivity index (χ0n) is 10.5. The first-order valence-corrected chi connectivity index (χ1v) is 6.79. The third-order valence-electron chi connectivity index (χ3n) is 2.82. The van der Waals surface area contributed by atoms with E-state index in [2.05, 4.69) is 32.0 Å². The molecule has 0 unspecified atom stereocenters. The van der Waals surface area contributed by atoms with Crippen LogP contribution < -0.4 is 5.73 Å². The molecule has 2 aromatic rings.